The van der Waals surface area contributed by atoms with Crippen molar-refractivity contribution < 1.29 is 14.3 Å². The number of anilines is 2. The number of hydrogen-bond donors (Lipinski definition) is 1. The lowest BCUT2D eigenvalue weighted by molar-refractivity contribution is 0.0787. The van der Waals surface area contributed by atoms with Gasteiger partial charge in [0.1, 0.15) is 17.2 Å². The van der Waals surface area contributed by atoms with Crippen molar-refractivity contribution in [3.63, 3.8) is 0 Å². The summed E-state index contributed by atoms with van der Waals surface area (Å²) in [6, 6.07) is 6.96. The topological polar surface area (TPSA) is 63.7 Å². The molecule has 1 aliphatic heterocycles. The van der Waals surface area contributed by atoms with E-state index in [1.54, 1.807) is 44.7 Å². The summed E-state index contributed by atoms with van der Waals surface area (Å²) in [4.78, 5) is 18.5. The van der Waals surface area contributed by atoms with Crippen LogP contribution in [0.1, 0.15) is 23.3 Å². The van der Waals surface area contributed by atoms with E-state index in [0.29, 0.717) is 27.9 Å². The zero-order valence-corrected chi connectivity index (χ0v) is 15.0. The fourth-order valence-corrected chi connectivity index (χ4v) is 3.05. The lowest BCUT2D eigenvalue weighted by Crippen LogP contribution is -2.28. The molecule has 1 aromatic heterocycles. The first kappa shape index (κ1) is 17.4. The Labute approximate surface area is 151 Å². The monoisotopic (exact) mass is 361 g/mol. The van der Waals surface area contributed by atoms with Gasteiger partial charge in [0.15, 0.2) is 0 Å². The number of likely N-dealkylation sites (tertiary alicyclic amines) is 1. The van der Waals surface area contributed by atoms with Crippen molar-refractivity contribution >= 4 is 28.9 Å². The van der Waals surface area contributed by atoms with E-state index in [0.717, 1.165) is 31.6 Å². The van der Waals surface area contributed by atoms with Crippen LogP contribution in [-0.2, 0) is 0 Å². The molecule has 1 saturated heterocycles. The first-order valence-electron chi connectivity index (χ1n) is 8.06. The van der Waals surface area contributed by atoms with Gasteiger partial charge in [0.2, 0.25) is 0 Å². The van der Waals surface area contributed by atoms with Crippen LogP contribution in [0.4, 0.5) is 11.4 Å². The molecule has 1 amide bonds. The summed E-state index contributed by atoms with van der Waals surface area (Å²) >= 11 is 6.13. The van der Waals surface area contributed by atoms with Crippen LogP contribution in [0.2, 0.25) is 5.02 Å². The standard InChI is InChI=1S/C18H20ClN3O3/c1-24-16-11-14(17(25-2)10-13(16)19)21-12-5-6-20-15(9-12)18(23)22-7-3-4-8-22/h5-6,9-11H,3-4,7-8H2,1-2H3,(H,20,21). The minimum absolute atomic E-state index is 0.0400. The number of benzene rings is 1. The third-order valence-corrected chi connectivity index (χ3v) is 4.42. The highest BCUT2D eigenvalue weighted by Gasteiger charge is 2.20. The predicted molar refractivity (Wildman–Crippen MR) is 97.2 cm³/mol. The summed E-state index contributed by atoms with van der Waals surface area (Å²) in [6.07, 6.45) is 3.71. The van der Waals surface area contributed by atoms with Crippen molar-refractivity contribution in [2.75, 3.05) is 32.6 Å². The number of halogens is 1. The molecule has 1 aliphatic rings. The van der Waals surface area contributed by atoms with E-state index in [1.165, 1.54) is 0 Å². The number of hydrogen-bond acceptors (Lipinski definition) is 5. The Morgan fingerprint density at radius 2 is 1.88 bits per heavy atom. The van der Waals surface area contributed by atoms with Crippen molar-refractivity contribution in [2.45, 2.75) is 12.8 Å². The van der Waals surface area contributed by atoms with Crippen LogP contribution in [0.3, 0.4) is 0 Å². The maximum Gasteiger partial charge on any atom is 0.272 e. The number of ether oxygens (including phenoxy) is 2. The molecule has 0 atom stereocenters. The molecule has 1 N–H and O–H groups in total. The Balaban J connectivity index is 1.86. The average Bonchev–Trinajstić information content (AvgIpc) is 3.17. The molecule has 25 heavy (non-hydrogen) atoms. The second-order valence-electron chi connectivity index (χ2n) is 5.74. The van der Waals surface area contributed by atoms with Gasteiger partial charge in [-0.1, -0.05) is 11.6 Å². The van der Waals surface area contributed by atoms with Crippen LogP contribution in [0.15, 0.2) is 30.5 Å². The number of aromatic nitrogens is 1. The van der Waals surface area contributed by atoms with Crippen molar-refractivity contribution in [1.82, 2.24) is 9.88 Å². The Kier molecular flexibility index (Phi) is 5.28. The maximum atomic E-state index is 12.5. The third-order valence-electron chi connectivity index (χ3n) is 4.13. The van der Waals surface area contributed by atoms with Gasteiger partial charge in [-0.15, -0.1) is 0 Å². The van der Waals surface area contributed by atoms with E-state index in [1.807, 2.05) is 4.90 Å². The molecular weight excluding hydrogens is 342 g/mol. The highest BCUT2D eigenvalue weighted by molar-refractivity contribution is 6.32. The number of rotatable bonds is 5. The molecule has 3 rings (SSSR count). The fourth-order valence-electron chi connectivity index (χ4n) is 2.82. The summed E-state index contributed by atoms with van der Waals surface area (Å²) in [5, 5.41) is 3.70. The Morgan fingerprint density at radius 3 is 2.56 bits per heavy atom. The predicted octanol–water partition coefficient (Wildman–Crippen LogP) is 3.73. The molecule has 6 nitrogen and oxygen atoms in total. The SMILES string of the molecule is COc1cc(Nc2ccnc(C(=O)N3CCCC3)c2)c(OC)cc1Cl. The lowest BCUT2D eigenvalue weighted by atomic mass is 10.2. The van der Waals surface area contributed by atoms with Gasteiger partial charge in [-0.3, -0.25) is 9.78 Å². The van der Waals surface area contributed by atoms with Gasteiger partial charge in [0.05, 0.1) is 24.9 Å². The number of pyridine rings is 1. The Bertz CT molecular complexity index is 776. The number of methoxy groups -OCH3 is 2. The molecule has 0 aliphatic carbocycles. The molecule has 0 unspecified atom stereocenters. The largest absolute Gasteiger partial charge is 0.495 e. The number of carbonyl (C=O) groups is 1. The summed E-state index contributed by atoms with van der Waals surface area (Å²) < 4.78 is 10.6. The number of carbonyl (C=O) groups excluding carboxylic acids is 1. The van der Waals surface area contributed by atoms with Crippen LogP contribution in [0.25, 0.3) is 0 Å². The minimum atomic E-state index is -0.0400. The molecule has 2 heterocycles. The molecule has 2 aromatic rings. The molecule has 132 valence electrons. The smallest absolute Gasteiger partial charge is 0.272 e. The van der Waals surface area contributed by atoms with E-state index in [4.69, 9.17) is 21.1 Å². The van der Waals surface area contributed by atoms with Crippen molar-refractivity contribution in [3.8, 4) is 11.5 Å². The zero-order valence-electron chi connectivity index (χ0n) is 14.2. The van der Waals surface area contributed by atoms with Gasteiger partial charge in [-0.2, -0.15) is 0 Å². The van der Waals surface area contributed by atoms with Gasteiger partial charge >= 0.3 is 0 Å². The van der Waals surface area contributed by atoms with Crippen molar-refractivity contribution in [3.05, 3.63) is 41.2 Å². The lowest BCUT2D eigenvalue weighted by Gasteiger charge is -2.16. The van der Waals surface area contributed by atoms with Crippen LogP contribution in [0.5, 0.6) is 11.5 Å². The van der Waals surface area contributed by atoms with Crippen LogP contribution in [-0.4, -0.2) is 43.1 Å². The molecule has 1 aromatic carbocycles. The highest BCUT2D eigenvalue weighted by atomic mass is 35.5. The molecule has 0 saturated carbocycles. The van der Waals surface area contributed by atoms with E-state index in [-0.39, 0.29) is 5.91 Å². The second-order valence-corrected chi connectivity index (χ2v) is 6.15. The Morgan fingerprint density at radius 1 is 1.16 bits per heavy atom. The van der Waals surface area contributed by atoms with Gasteiger partial charge in [0, 0.05) is 37.1 Å². The summed E-state index contributed by atoms with van der Waals surface area (Å²) in [5.74, 6) is 1.07. The van der Waals surface area contributed by atoms with Crippen LogP contribution in [0, 0.1) is 0 Å². The van der Waals surface area contributed by atoms with E-state index in [2.05, 4.69) is 10.3 Å². The Hall–Kier alpha value is -2.47. The quantitative estimate of drug-likeness (QED) is 0.879. The molecule has 0 spiro atoms. The third kappa shape index (κ3) is 3.79. The normalized spacial score (nSPS) is 13.6. The summed E-state index contributed by atoms with van der Waals surface area (Å²) in [5.41, 5.74) is 1.85. The first-order valence-corrected chi connectivity index (χ1v) is 8.44. The van der Waals surface area contributed by atoms with Crippen molar-refractivity contribution in [2.24, 2.45) is 0 Å². The average molecular weight is 362 g/mol. The number of amides is 1. The van der Waals surface area contributed by atoms with E-state index >= 15 is 0 Å². The fraction of sp³-hybridized carbons (Fsp3) is 0.333. The highest BCUT2D eigenvalue weighted by Crippen LogP contribution is 2.37. The van der Waals surface area contributed by atoms with Gasteiger partial charge in [0.25, 0.3) is 5.91 Å². The molecule has 0 bridgehead atoms. The van der Waals surface area contributed by atoms with Gasteiger partial charge in [-0.25, -0.2) is 0 Å². The number of nitrogens with one attached hydrogen (secondary N) is 1. The summed E-state index contributed by atoms with van der Waals surface area (Å²) in [6.45, 7) is 1.58. The first-order chi connectivity index (χ1) is 12.1. The molecule has 0 radical (unpaired) electrons. The van der Waals surface area contributed by atoms with Gasteiger partial charge in [-0.05, 0) is 25.0 Å². The number of nitrogens with zero attached hydrogens (tertiary/aromatic N) is 2. The van der Waals surface area contributed by atoms with Gasteiger partial charge < -0.3 is 19.7 Å². The molecule has 1 fully saturated rings. The van der Waals surface area contributed by atoms with E-state index in [9.17, 15) is 4.79 Å². The van der Waals surface area contributed by atoms with Crippen LogP contribution >= 0.6 is 11.6 Å². The van der Waals surface area contributed by atoms with Crippen LogP contribution < -0.4 is 14.8 Å². The zero-order chi connectivity index (χ0) is 17.8. The van der Waals surface area contributed by atoms with Crippen molar-refractivity contribution in [1.29, 1.82) is 0 Å². The van der Waals surface area contributed by atoms with E-state index < -0.39 is 0 Å². The second kappa shape index (κ2) is 7.61. The maximum absolute atomic E-state index is 12.5. The molecular formula is C18H20ClN3O3. The molecule has 7 heteroatoms. The minimum Gasteiger partial charge on any atom is -0.495 e. The summed E-state index contributed by atoms with van der Waals surface area (Å²) in [7, 11) is 3.12.